The highest BCUT2D eigenvalue weighted by atomic mass is 35.5. The Labute approximate surface area is 221 Å². The summed E-state index contributed by atoms with van der Waals surface area (Å²) in [4.78, 5) is 31.6. The zero-order valence-corrected chi connectivity index (χ0v) is 22.4. The second kappa shape index (κ2) is 11.9. The Hall–Kier alpha value is -2.87. The van der Waals surface area contributed by atoms with Crippen molar-refractivity contribution in [3.8, 4) is 11.5 Å². The predicted octanol–water partition coefficient (Wildman–Crippen LogP) is 5.62. The third-order valence-electron chi connectivity index (χ3n) is 6.42. The van der Waals surface area contributed by atoms with Crippen molar-refractivity contribution in [2.24, 2.45) is 5.92 Å². The fourth-order valence-corrected chi connectivity index (χ4v) is 5.41. The standard InChI is InChI=1S/C28H32ClN3O3S/c1-19(2)23-18-31(14-13-30-23)28(34)27(25-10-7-15-36-25)32(26(33)17-29)24-12-11-22(16-20(24)3)35-21-8-5-4-6-9-21/h4-12,15-16,19,23,27,30H,13-14,17-18H2,1-3H3/t23-,27?/m1/s1. The number of carbonyl (C=O) groups is 2. The Kier molecular flexibility index (Phi) is 8.67. The van der Waals surface area contributed by atoms with Crippen LogP contribution in [0.15, 0.2) is 66.0 Å². The molecule has 2 heterocycles. The number of nitrogens with zero attached hydrogens (tertiary/aromatic N) is 2. The number of amides is 2. The van der Waals surface area contributed by atoms with E-state index in [1.807, 2.05) is 77.9 Å². The van der Waals surface area contributed by atoms with E-state index in [9.17, 15) is 9.59 Å². The molecule has 0 aliphatic carbocycles. The highest BCUT2D eigenvalue weighted by molar-refractivity contribution is 7.10. The molecule has 1 aromatic heterocycles. The molecule has 1 fully saturated rings. The number of thiophene rings is 1. The van der Waals surface area contributed by atoms with Crippen molar-refractivity contribution in [3.63, 3.8) is 0 Å². The average Bonchev–Trinajstić information content (AvgIpc) is 3.42. The fourth-order valence-electron chi connectivity index (χ4n) is 4.47. The number of carbonyl (C=O) groups excluding carboxylic acids is 2. The van der Waals surface area contributed by atoms with Gasteiger partial charge in [0.2, 0.25) is 5.91 Å². The van der Waals surface area contributed by atoms with Gasteiger partial charge in [0, 0.05) is 36.2 Å². The summed E-state index contributed by atoms with van der Waals surface area (Å²) in [7, 11) is 0. The summed E-state index contributed by atoms with van der Waals surface area (Å²) in [5, 5.41) is 5.43. The minimum atomic E-state index is -0.790. The molecule has 6 nitrogen and oxygen atoms in total. The van der Waals surface area contributed by atoms with E-state index in [0.29, 0.717) is 30.4 Å². The molecule has 0 spiro atoms. The number of halogens is 1. The van der Waals surface area contributed by atoms with Gasteiger partial charge >= 0.3 is 0 Å². The topological polar surface area (TPSA) is 61.9 Å². The molecule has 4 rings (SSSR count). The molecule has 0 bridgehead atoms. The summed E-state index contributed by atoms with van der Waals surface area (Å²) in [6, 6.07) is 18.3. The van der Waals surface area contributed by atoms with E-state index in [0.717, 1.165) is 22.7 Å². The SMILES string of the molecule is Cc1cc(Oc2ccccc2)ccc1N(C(=O)CCl)C(C(=O)N1CCN[C@@H](C(C)C)C1)c1cccs1. The van der Waals surface area contributed by atoms with Crippen LogP contribution in [0.3, 0.4) is 0 Å². The van der Waals surface area contributed by atoms with Crippen molar-refractivity contribution in [2.45, 2.75) is 32.9 Å². The Morgan fingerprint density at radius 1 is 1.14 bits per heavy atom. The molecule has 0 saturated carbocycles. The van der Waals surface area contributed by atoms with Gasteiger partial charge in [0.25, 0.3) is 5.91 Å². The van der Waals surface area contributed by atoms with Gasteiger partial charge in [0.1, 0.15) is 23.4 Å². The molecule has 1 unspecified atom stereocenters. The van der Waals surface area contributed by atoms with Gasteiger partial charge in [0.15, 0.2) is 0 Å². The molecule has 1 aliphatic rings. The molecule has 190 valence electrons. The van der Waals surface area contributed by atoms with Crippen molar-refractivity contribution >= 4 is 40.4 Å². The number of alkyl halides is 1. The lowest BCUT2D eigenvalue weighted by molar-refractivity contribution is -0.135. The van der Waals surface area contributed by atoms with E-state index in [2.05, 4.69) is 19.2 Å². The summed E-state index contributed by atoms with van der Waals surface area (Å²) < 4.78 is 5.98. The molecule has 1 aliphatic heterocycles. The van der Waals surface area contributed by atoms with Crippen LogP contribution in [0.1, 0.15) is 30.3 Å². The van der Waals surface area contributed by atoms with Gasteiger partial charge in [0.05, 0.1) is 0 Å². The molecular formula is C28H32ClN3O3S. The van der Waals surface area contributed by atoms with Crippen LogP contribution >= 0.6 is 22.9 Å². The minimum absolute atomic E-state index is 0.0907. The summed E-state index contributed by atoms with van der Waals surface area (Å²) in [6.45, 7) is 8.12. The van der Waals surface area contributed by atoms with Crippen LogP contribution in [0.25, 0.3) is 0 Å². The van der Waals surface area contributed by atoms with Crippen molar-refractivity contribution < 1.29 is 14.3 Å². The van der Waals surface area contributed by atoms with Gasteiger partial charge in [-0.3, -0.25) is 14.5 Å². The quantitative estimate of drug-likeness (QED) is 0.388. The summed E-state index contributed by atoms with van der Waals surface area (Å²) >= 11 is 7.57. The maximum Gasteiger partial charge on any atom is 0.251 e. The van der Waals surface area contributed by atoms with E-state index in [4.69, 9.17) is 16.3 Å². The van der Waals surface area contributed by atoms with Gasteiger partial charge in [-0.2, -0.15) is 0 Å². The first-order valence-corrected chi connectivity index (χ1v) is 13.6. The number of aryl methyl sites for hydroxylation is 1. The van der Waals surface area contributed by atoms with Crippen LogP contribution < -0.4 is 15.0 Å². The first-order chi connectivity index (χ1) is 17.4. The number of piperazine rings is 1. The van der Waals surface area contributed by atoms with Crippen molar-refractivity contribution in [1.82, 2.24) is 10.2 Å². The maximum atomic E-state index is 14.1. The van der Waals surface area contributed by atoms with Crippen LogP contribution in [0.4, 0.5) is 5.69 Å². The van der Waals surface area contributed by atoms with E-state index >= 15 is 0 Å². The number of rotatable bonds is 8. The number of para-hydroxylation sites is 1. The van der Waals surface area contributed by atoms with Crippen molar-refractivity contribution in [1.29, 1.82) is 0 Å². The van der Waals surface area contributed by atoms with Crippen LogP contribution in [-0.2, 0) is 9.59 Å². The molecule has 3 aromatic rings. The summed E-state index contributed by atoms with van der Waals surface area (Å²) in [6.07, 6.45) is 0. The number of anilines is 1. The number of hydrogen-bond acceptors (Lipinski definition) is 5. The lowest BCUT2D eigenvalue weighted by atomic mass is 10.0. The largest absolute Gasteiger partial charge is 0.457 e. The lowest BCUT2D eigenvalue weighted by Crippen LogP contribution is -2.57. The highest BCUT2D eigenvalue weighted by Gasteiger charge is 2.38. The molecule has 2 amide bonds. The van der Waals surface area contributed by atoms with Gasteiger partial charge in [-0.25, -0.2) is 0 Å². The lowest BCUT2D eigenvalue weighted by Gasteiger charge is -2.40. The van der Waals surface area contributed by atoms with Crippen molar-refractivity contribution in [2.75, 3.05) is 30.4 Å². The monoisotopic (exact) mass is 525 g/mol. The molecule has 36 heavy (non-hydrogen) atoms. The fraction of sp³-hybridized carbons (Fsp3) is 0.357. The van der Waals surface area contributed by atoms with E-state index in [-0.39, 0.29) is 23.7 Å². The Morgan fingerprint density at radius 3 is 2.56 bits per heavy atom. The number of ether oxygens (including phenoxy) is 1. The third-order valence-corrected chi connectivity index (χ3v) is 7.57. The molecular weight excluding hydrogens is 494 g/mol. The van der Waals surface area contributed by atoms with Crippen LogP contribution in [-0.4, -0.2) is 48.3 Å². The minimum Gasteiger partial charge on any atom is -0.457 e. The highest BCUT2D eigenvalue weighted by Crippen LogP contribution is 2.36. The average molecular weight is 526 g/mol. The molecule has 0 radical (unpaired) electrons. The summed E-state index contributed by atoms with van der Waals surface area (Å²) in [5.74, 6) is 1.13. The first kappa shape index (κ1) is 26.2. The van der Waals surface area contributed by atoms with Crippen LogP contribution in [0.2, 0.25) is 0 Å². The Balaban J connectivity index is 1.70. The number of nitrogens with one attached hydrogen (secondary N) is 1. The Morgan fingerprint density at radius 2 is 1.92 bits per heavy atom. The molecule has 2 atom stereocenters. The second-order valence-corrected chi connectivity index (χ2v) is 10.5. The van der Waals surface area contributed by atoms with Gasteiger partial charge in [-0.05, 0) is 60.2 Å². The van der Waals surface area contributed by atoms with E-state index in [1.165, 1.54) is 11.3 Å². The zero-order chi connectivity index (χ0) is 25.7. The smallest absolute Gasteiger partial charge is 0.251 e. The molecule has 8 heteroatoms. The molecule has 1 N–H and O–H groups in total. The zero-order valence-electron chi connectivity index (χ0n) is 20.8. The predicted molar refractivity (Wildman–Crippen MR) is 146 cm³/mol. The second-order valence-electron chi connectivity index (χ2n) is 9.27. The summed E-state index contributed by atoms with van der Waals surface area (Å²) in [5.41, 5.74) is 1.46. The Bertz CT molecular complexity index is 1170. The molecule has 1 saturated heterocycles. The van der Waals surface area contributed by atoms with E-state index in [1.54, 1.807) is 4.90 Å². The number of benzene rings is 2. The first-order valence-electron chi connectivity index (χ1n) is 12.2. The van der Waals surface area contributed by atoms with Crippen LogP contribution in [0.5, 0.6) is 11.5 Å². The maximum absolute atomic E-state index is 14.1. The van der Waals surface area contributed by atoms with Gasteiger partial charge < -0.3 is 15.0 Å². The number of hydrogen-bond donors (Lipinski definition) is 1. The van der Waals surface area contributed by atoms with Crippen LogP contribution in [0, 0.1) is 12.8 Å². The van der Waals surface area contributed by atoms with Gasteiger partial charge in [-0.15, -0.1) is 22.9 Å². The third kappa shape index (κ3) is 5.91. The van der Waals surface area contributed by atoms with Crippen molar-refractivity contribution in [3.05, 3.63) is 76.5 Å². The molecule has 2 aromatic carbocycles. The van der Waals surface area contributed by atoms with Gasteiger partial charge in [-0.1, -0.05) is 38.1 Å². The normalized spacial score (nSPS) is 16.6. The van der Waals surface area contributed by atoms with E-state index < -0.39 is 6.04 Å².